The number of hydrogen-bond acceptors (Lipinski definition) is 4. The van der Waals surface area contributed by atoms with Gasteiger partial charge < -0.3 is 19.7 Å². The zero-order chi connectivity index (χ0) is 15.3. The Kier molecular flexibility index (Phi) is 4.98. The predicted molar refractivity (Wildman–Crippen MR) is 82.8 cm³/mol. The number of aliphatic hydroxyl groups excluding tert-OH is 1. The number of nitrogens with zero attached hydrogens (tertiary/aromatic N) is 2. The van der Waals surface area contributed by atoms with Crippen LogP contribution in [0.2, 0.25) is 0 Å². The van der Waals surface area contributed by atoms with Crippen molar-refractivity contribution in [3.8, 4) is 11.6 Å². The topological polar surface area (TPSA) is 59.3 Å². The molecule has 2 N–H and O–H groups in total. The first-order valence-corrected chi connectivity index (χ1v) is 7.10. The normalized spacial score (nSPS) is 13.1. The smallest absolute Gasteiger partial charge is 0.238 e. The maximum absolute atomic E-state index is 9.97. The summed E-state index contributed by atoms with van der Waals surface area (Å²) in [5.41, 5.74) is 0.834. The lowest BCUT2D eigenvalue weighted by molar-refractivity contribution is 0.0977. The summed E-state index contributed by atoms with van der Waals surface area (Å²) in [6.45, 7) is 6.86. The third-order valence-electron chi connectivity index (χ3n) is 2.91. The molecule has 0 spiro atoms. The van der Waals surface area contributed by atoms with Crippen LogP contribution in [0.4, 0.5) is 0 Å². The van der Waals surface area contributed by atoms with Crippen molar-refractivity contribution in [2.24, 2.45) is 0 Å². The van der Waals surface area contributed by atoms with Gasteiger partial charge in [-0.2, -0.15) is 0 Å². The van der Waals surface area contributed by atoms with Gasteiger partial charge in [-0.25, -0.2) is 4.98 Å². The number of rotatable bonds is 6. The van der Waals surface area contributed by atoms with Gasteiger partial charge in [0.15, 0.2) is 0 Å². The van der Waals surface area contributed by atoms with Crippen molar-refractivity contribution in [3.05, 3.63) is 42.9 Å². The molecule has 2 aromatic rings. The van der Waals surface area contributed by atoms with E-state index in [9.17, 15) is 5.11 Å². The Bertz CT molecular complexity index is 547. The first-order chi connectivity index (χ1) is 9.96. The molecule has 0 radical (unpaired) electrons. The van der Waals surface area contributed by atoms with E-state index in [2.05, 4.69) is 31.1 Å². The summed E-state index contributed by atoms with van der Waals surface area (Å²) in [4.78, 5) is 4.24. The quantitative estimate of drug-likeness (QED) is 0.854. The number of pyridine rings is 1. The second-order valence-electron chi connectivity index (χ2n) is 6.01. The van der Waals surface area contributed by atoms with Crippen molar-refractivity contribution < 1.29 is 9.84 Å². The summed E-state index contributed by atoms with van der Waals surface area (Å²) < 4.78 is 7.60. The number of ether oxygens (including phenoxy) is 1. The van der Waals surface area contributed by atoms with Gasteiger partial charge in [-0.1, -0.05) is 0 Å². The lowest BCUT2D eigenvalue weighted by Gasteiger charge is -2.23. The number of nitrogens with one attached hydrogen (secondary N) is 1. The average molecular weight is 289 g/mol. The summed E-state index contributed by atoms with van der Waals surface area (Å²) in [6, 6.07) is 7.68. The van der Waals surface area contributed by atoms with Gasteiger partial charge in [0.25, 0.3) is 0 Å². The molecule has 0 aromatic carbocycles. The van der Waals surface area contributed by atoms with Crippen molar-refractivity contribution in [2.75, 3.05) is 13.2 Å². The highest BCUT2D eigenvalue weighted by Gasteiger charge is 2.14. The van der Waals surface area contributed by atoms with Crippen LogP contribution in [-0.2, 0) is 0 Å². The van der Waals surface area contributed by atoms with Crippen molar-refractivity contribution in [3.63, 3.8) is 0 Å². The Morgan fingerprint density at radius 2 is 2.00 bits per heavy atom. The fourth-order valence-corrected chi connectivity index (χ4v) is 1.84. The minimum absolute atomic E-state index is 0.0255. The fraction of sp³-hybridized carbons (Fsp3) is 0.438. The minimum Gasteiger partial charge on any atom is -0.473 e. The van der Waals surface area contributed by atoms with Gasteiger partial charge in [-0.15, -0.1) is 0 Å². The van der Waals surface area contributed by atoms with Crippen LogP contribution in [0.1, 0.15) is 20.8 Å². The van der Waals surface area contributed by atoms with Crippen LogP contribution in [0.3, 0.4) is 0 Å². The summed E-state index contributed by atoms with van der Waals surface area (Å²) in [7, 11) is 0. The van der Waals surface area contributed by atoms with E-state index < -0.39 is 6.10 Å². The molecule has 5 heteroatoms. The second kappa shape index (κ2) is 6.74. The highest BCUT2D eigenvalue weighted by molar-refractivity contribution is 5.41. The van der Waals surface area contributed by atoms with Gasteiger partial charge in [0.1, 0.15) is 18.4 Å². The van der Waals surface area contributed by atoms with Crippen molar-refractivity contribution in [1.29, 1.82) is 0 Å². The van der Waals surface area contributed by atoms with Gasteiger partial charge in [-0.05, 0) is 45.0 Å². The number of aliphatic hydroxyl groups is 1. The standard InChI is InChI=1S/C16H23N3O2/c1-16(2,3)18-11-13(20)12-21-15-14(7-6-8-17-15)19-9-4-5-10-19/h4-10,13,18,20H,11-12H2,1-3H3. The molecule has 5 nitrogen and oxygen atoms in total. The van der Waals surface area contributed by atoms with E-state index in [0.29, 0.717) is 12.4 Å². The third kappa shape index (κ3) is 4.88. The Morgan fingerprint density at radius 3 is 2.67 bits per heavy atom. The molecule has 0 aliphatic heterocycles. The molecular weight excluding hydrogens is 266 g/mol. The summed E-state index contributed by atoms with van der Waals surface area (Å²) in [5, 5.41) is 13.2. The predicted octanol–water partition coefficient (Wildman–Crippen LogP) is 2.00. The molecule has 21 heavy (non-hydrogen) atoms. The van der Waals surface area contributed by atoms with Gasteiger partial charge in [0.05, 0.1) is 0 Å². The van der Waals surface area contributed by atoms with Crippen molar-refractivity contribution in [1.82, 2.24) is 14.9 Å². The largest absolute Gasteiger partial charge is 0.473 e. The number of hydrogen-bond donors (Lipinski definition) is 2. The molecule has 2 rings (SSSR count). The molecule has 0 saturated carbocycles. The SMILES string of the molecule is CC(C)(C)NCC(O)COc1ncccc1-n1cccc1. The van der Waals surface area contributed by atoms with Crippen molar-refractivity contribution in [2.45, 2.75) is 32.4 Å². The molecule has 0 bridgehead atoms. The molecule has 0 fully saturated rings. The molecular formula is C16H23N3O2. The van der Waals surface area contributed by atoms with E-state index in [1.54, 1.807) is 6.20 Å². The lowest BCUT2D eigenvalue weighted by Crippen LogP contribution is -2.42. The molecule has 0 amide bonds. The highest BCUT2D eigenvalue weighted by atomic mass is 16.5. The van der Waals surface area contributed by atoms with Crippen LogP contribution in [-0.4, -0.2) is 39.5 Å². The van der Waals surface area contributed by atoms with Crippen LogP contribution in [0.25, 0.3) is 5.69 Å². The maximum Gasteiger partial charge on any atom is 0.238 e. The van der Waals surface area contributed by atoms with Gasteiger partial charge in [0, 0.05) is 30.7 Å². The monoisotopic (exact) mass is 289 g/mol. The van der Waals surface area contributed by atoms with Gasteiger partial charge >= 0.3 is 0 Å². The maximum atomic E-state index is 9.97. The van der Waals surface area contributed by atoms with E-state index in [-0.39, 0.29) is 12.1 Å². The van der Waals surface area contributed by atoms with E-state index in [0.717, 1.165) is 5.69 Å². The molecule has 2 aromatic heterocycles. The van der Waals surface area contributed by atoms with Crippen LogP contribution in [0, 0.1) is 0 Å². The van der Waals surface area contributed by atoms with Crippen LogP contribution in [0.15, 0.2) is 42.9 Å². The number of β-amino-alcohol motifs (C(OH)–C–C–N with tert-alkyl or cyclic N) is 1. The third-order valence-corrected chi connectivity index (χ3v) is 2.91. The highest BCUT2D eigenvalue weighted by Crippen LogP contribution is 2.19. The molecule has 1 unspecified atom stereocenters. The molecule has 0 aliphatic carbocycles. The Hall–Kier alpha value is -1.85. The van der Waals surface area contributed by atoms with Crippen LogP contribution < -0.4 is 10.1 Å². The molecule has 0 saturated heterocycles. The van der Waals surface area contributed by atoms with Gasteiger partial charge in [0.2, 0.25) is 5.88 Å². The average Bonchev–Trinajstić information content (AvgIpc) is 2.96. The molecule has 114 valence electrons. The molecule has 0 aliphatic rings. The second-order valence-corrected chi connectivity index (χ2v) is 6.01. The molecule has 2 heterocycles. The van der Waals surface area contributed by atoms with Crippen LogP contribution in [0.5, 0.6) is 5.88 Å². The van der Waals surface area contributed by atoms with Crippen molar-refractivity contribution >= 4 is 0 Å². The first kappa shape index (κ1) is 15.5. The summed E-state index contributed by atoms with van der Waals surface area (Å²) in [5.74, 6) is 0.517. The summed E-state index contributed by atoms with van der Waals surface area (Å²) >= 11 is 0. The Labute approximate surface area is 125 Å². The van der Waals surface area contributed by atoms with Crippen LogP contribution >= 0.6 is 0 Å². The molecule has 1 atom stereocenters. The zero-order valence-corrected chi connectivity index (χ0v) is 12.8. The zero-order valence-electron chi connectivity index (χ0n) is 12.8. The van der Waals surface area contributed by atoms with E-state index in [1.165, 1.54) is 0 Å². The first-order valence-electron chi connectivity index (χ1n) is 7.10. The van der Waals surface area contributed by atoms with E-state index >= 15 is 0 Å². The fourth-order valence-electron chi connectivity index (χ4n) is 1.84. The van der Waals surface area contributed by atoms with E-state index in [4.69, 9.17) is 4.74 Å². The lowest BCUT2D eigenvalue weighted by atomic mass is 10.1. The Balaban J connectivity index is 1.95. The summed E-state index contributed by atoms with van der Waals surface area (Å²) in [6.07, 6.45) is 4.97. The number of aromatic nitrogens is 2. The van der Waals surface area contributed by atoms with E-state index in [1.807, 2.05) is 41.2 Å². The minimum atomic E-state index is -0.580. The van der Waals surface area contributed by atoms with Gasteiger partial charge in [-0.3, -0.25) is 0 Å². The Morgan fingerprint density at radius 1 is 1.29 bits per heavy atom.